The molecule has 2 amide bonds. The summed E-state index contributed by atoms with van der Waals surface area (Å²) in [6.45, 7) is 13.4. The number of carbonyl (C=O) groups excluding carboxylic acids is 1. The average Bonchev–Trinajstić information content (AvgIpc) is 2.64. The number of carbonyl (C=O) groups is 2. The topological polar surface area (TPSA) is 69.6 Å². The van der Waals surface area contributed by atoms with E-state index in [0.29, 0.717) is 19.4 Å². The van der Waals surface area contributed by atoms with E-state index in [1.807, 2.05) is 19.2 Å². The molecule has 31 heavy (non-hydrogen) atoms. The second-order valence-electron chi connectivity index (χ2n) is 10.2. The van der Waals surface area contributed by atoms with E-state index < -0.39 is 11.5 Å². The Morgan fingerprint density at radius 2 is 1.94 bits per heavy atom. The monoisotopic (exact) mass is 448 g/mol. The van der Waals surface area contributed by atoms with E-state index in [-0.39, 0.29) is 23.8 Å². The molecule has 1 aromatic rings. The summed E-state index contributed by atoms with van der Waals surface area (Å²) in [7, 11) is 0. The zero-order valence-electron chi connectivity index (χ0n) is 19.7. The number of nitrogens with zero attached hydrogens (tertiary/aromatic N) is 1. The Balaban J connectivity index is 2.26. The molecule has 0 fully saturated rings. The normalized spacial score (nSPS) is 19.4. The Hall–Kier alpha value is -2.01. The third kappa shape index (κ3) is 6.73. The summed E-state index contributed by atoms with van der Waals surface area (Å²) in [5.74, 6) is -0.594. The molecule has 0 spiro atoms. The van der Waals surface area contributed by atoms with Crippen molar-refractivity contribution in [3.8, 4) is 0 Å². The number of carboxylic acids is 1. The van der Waals surface area contributed by atoms with E-state index in [2.05, 4.69) is 52.1 Å². The molecular formula is C25H37ClN2O3. The number of aryl methyl sites for hydroxylation is 1. The Bertz CT molecular complexity index is 842. The fourth-order valence-corrected chi connectivity index (χ4v) is 4.25. The third-order valence-corrected chi connectivity index (χ3v) is 6.28. The quantitative estimate of drug-likeness (QED) is 0.432. The van der Waals surface area contributed by atoms with E-state index in [0.717, 1.165) is 34.6 Å². The van der Waals surface area contributed by atoms with E-state index in [4.69, 9.17) is 16.7 Å². The average molecular weight is 449 g/mol. The molecule has 0 aromatic heterocycles. The molecule has 2 rings (SSSR count). The second kappa shape index (κ2) is 10.1. The molecule has 1 aromatic carbocycles. The fourth-order valence-electron chi connectivity index (χ4n) is 3.97. The minimum atomic E-state index is -0.808. The van der Waals surface area contributed by atoms with Gasteiger partial charge in [0.25, 0.3) is 0 Å². The van der Waals surface area contributed by atoms with E-state index in [1.54, 1.807) is 4.90 Å². The molecule has 172 valence electrons. The SMILES string of the molecule is CC(C)C1=CN(CCCCC(=O)O)C(=O)N[C@@]1(C)c1ccc(CCC(C)(C)C)c(Cl)c1. The summed E-state index contributed by atoms with van der Waals surface area (Å²) in [5.41, 5.74) is 2.79. The first-order valence-corrected chi connectivity index (χ1v) is 11.5. The van der Waals surface area contributed by atoms with Gasteiger partial charge in [0.1, 0.15) is 0 Å². The largest absolute Gasteiger partial charge is 0.481 e. The van der Waals surface area contributed by atoms with Gasteiger partial charge in [-0.2, -0.15) is 0 Å². The van der Waals surface area contributed by atoms with Crippen LogP contribution in [0.25, 0.3) is 0 Å². The lowest BCUT2D eigenvalue weighted by molar-refractivity contribution is -0.137. The van der Waals surface area contributed by atoms with Gasteiger partial charge in [-0.3, -0.25) is 4.79 Å². The van der Waals surface area contributed by atoms with Crippen LogP contribution in [0, 0.1) is 11.3 Å². The van der Waals surface area contributed by atoms with Gasteiger partial charge in [-0.1, -0.05) is 58.4 Å². The summed E-state index contributed by atoms with van der Waals surface area (Å²) < 4.78 is 0. The number of benzene rings is 1. The van der Waals surface area contributed by atoms with Crippen LogP contribution in [-0.4, -0.2) is 28.6 Å². The molecule has 0 unspecified atom stereocenters. The summed E-state index contributed by atoms with van der Waals surface area (Å²) in [5, 5.41) is 12.7. The van der Waals surface area contributed by atoms with Gasteiger partial charge in [-0.05, 0) is 66.7 Å². The lowest BCUT2D eigenvalue weighted by Gasteiger charge is -2.42. The van der Waals surface area contributed by atoms with Crippen molar-refractivity contribution in [3.63, 3.8) is 0 Å². The molecule has 1 aliphatic heterocycles. The van der Waals surface area contributed by atoms with Gasteiger partial charge in [-0.15, -0.1) is 0 Å². The Morgan fingerprint density at radius 3 is 2.48 bits per heavy atom. The van der Waals surface area contributed by atoms with Crippen LogP contribution in [0.2, 0.25) is 5.02 Å². The van der Waals surface area contributed by atoms with Crippen molar-refractivity contribution in [2.75, 3.05) is 6.54 Å². The molecule has 0 aliphatic carbocycles. The molecule has 2 N–H and O–H groups in total. The summed E-state index contributed by atoms with van der Waals surface area (Å²) in [4.78, 5) is 25.3. The number of halogens is 1. The first-order chi connectivity index (χ1) is 14.3. The first-order valence-electron chi connectivity index (χ1n) is 11.1. The molecule has 0 saturated heterocycles. The highest BCUT2D eigenvalue weighted by atomic mass is 35.5. The predicted octanol–water partition coefficient (Wildman–Crippen LogP) is 6.35. The standard InChI is InChI=1S/C25H37ClN2O3/c1-17(2)20-16-28(14-8-7-9-22(29)30)23(31)27-25(20,6)19-11-10-18(21(26)15-19)12-13-24(3,4)5/h10-11,15-17H,7-9,12-14H2,1-6H3,(H,27,31)(H,29,30)/t25-/m0/s1. The lowest BCUT2D eigenvalue weighted by Crippen LogP contribution is -2.54. The molecule has 1 aliphatic rings. The maximum Gasteiger partial charge on any atom is 0.322 e. The van der Waals surface area contributed by atoms with Gasteiger partial charge in [0.05, 0.1) is 5.54 Å². The highest BCUT2D eigenvalue weighted by molar-refractivity contribution is 6.31. The number of rotatable bonds is 9. The molecule has 5 nitrogen and oxygen atoms in total. The van der Waals surface area contributed by atoms with Crippen molar-refractivity contribution in [2.24, 2.45) is 11.3 Å². The number of hydrogen-bond acceptors (Lipinski definition) is 2. The number of hydrogen-bond donors (Lipinski definition) is 2. The van der Waals surface area contributed by atoms with Crippen molar-refractivity contribution in [2.45, 2.75) is 79.2 Å². The van der Waals surface area contributed by atoms with Crippen molar-refractivity contribution >= 4 is 23.6 Å². The first kappa shape index (κ1) is 25.3. The minimum Gasteiger partial charge on any atom is -0.481 e. The highest BCUT2D eigenvalue weighted by Gasteiger charge is 2.39. The number of unbranched alkanes of at least 4 members (excludes halogenated alkanes) is 1. The highest BCUT2D eigenvalue weighted by Crippen LogP contribution is 2.38. The van der Waals surface area contributed by atoms with Crippen LogP contribution in [-0.2, 0) is 16.8 Å². The van der Waals surface area contributed by atoms with Crippen molar-refractivity contribution in [3.05, 3.63) is 46.1 Å². The maximum absolute atomic E-state index is 12.9. The van der Waals surface area contributed by atoms with Gasteiger partial charge in [0, 0.05) is 24.2 Å². The Kier molecular flexibility index (Phi) is 8.21. The lowest BCUT2D eigenvalue weighted by atomic mass is 9.78. The van der Waals surface area contributed by atoms with Crippen LogP contribution in [0.4, 0.5) is 4.79 Å². The smallest absolute Gasteiger partial charge is 0.322 e. The van der Waals surface area contributed by atoms with E-state index in [9.17, 15) is 9.59 Å². The number of urea groups is 1. The molecular weight excluding hydrogens is 412 g/mol. The van der Waals surface area contributed by atoms with Crippen LogP contribution in [0.5, 0.6) is 0 Å². The van der Waals surface area contributed by atoms with Gasteiger partial charge < -0.3 is 15.3 Å². The predicted molar refractivity (Wildman–Crippen MR) is 126 cm³/mol. The van der Waals surface area contributed by atoms with Gasteiger partial charge in [-0.25, -0.2) is 4.79 Å². The van der Waals surface area contributed by atoms with Crippen molar-refractivity contribution in [1.29, 1.82) is 0 Å². The fraction of sp³-hybridized carbons (Fsp3) is 0.600. The zero-order valence-corrected chi connectivity index (χ0v) is 20.5. The number of amides is 2. The van der Waals surface area contributed by atoms with Crippen LogP contribution in [0.1, 0.15) is 78.4 Å². The van der Waals surface area contributed by atoms with Crippen LogP contribution >= 0.6 is 11.6 Å². The van der Waals surface area contributed by atoms with Crippen molar-refractivity contribution < 1.29 is 14.7 Å². The van der Waals surface area contributed by atoms with Gasteiger partial charge >= 0.3 is 12.0 Å². The minimum absolute atomic E-state index is 0.119. The number of carboxylic acid groups (broad SMARTS) is 1. The third-order valence-electron chi connectivity index (χ3n) is 5.93. The maximum atomic E-state index is 12.9. The van der Waals surface area contributed by atoms with Gasteiger partial charge in [0.2, 0.25) is 0 Å². The van der Waals surface area contributed by atoms with Gasteiger partial charge in [0.15, 0.2) is 0 Å². The molecule has 0 radical (unpaired) electrons. The summed E-state index contributed by atoms with van der Waals surface area (Å²) >= 11 is 6.65. The van der Waals surface area contributed by atoms with Crippen molar-refractivity contribution in [1.82, 2.24) is 10.2 Å². The molecule has 1 atom stereocenters. The Labute approximate surface area is 191 Å². The molecule has 6 heteroatoms. The summed E-state index contributed by atoms with van der Waals surface area (Å²) in [6.07, 6.45) is 5.22. The molecule has 0 saturated carbocycles. The Morgan fingerprint density at radius 1 is 1.26 bits per heavy atom. The second-order valence-corrected chi connectivity index (χ2v) is 10.6. The van der Waals surface area contributed by atoms with E-state index in [1.165, 1.54) is 0 Å². The van der Waals surface area contributed by atoms with Crippen LogP contribution < -0.4 is 5.32 Å². The summed E-state index contributed by atoms with van der Waals surface area (Å²) in [6, 6.07) is 5.97. The molecule has 1 heterocycles. The van der Waals surface area contributed by atoms with Crippen LogP contribution in [0.3, 0.4) is 0 Å². The number of aliphatic carboxylic acids is 1. The van der Waals surface area contributed by atoms with E-state index >= 15 is 0 Å². The molecule has 0 bridgehead atoms. The number of nitrogens with one attached hydrogen (secondary N) is 1. The zero-order chi connectivity index (χ0) is 23.4. The van der Waals surface area contributed by atoms with Crippen LogP contribution in [0.15, 0.2) is 30.0 Å².